The van der Waals surface area contributed by atoms with Crippen molar-refractivity contribution in [2.24, 2.45) is 11.5 Å². The van der Waals surface area contributed by atoms with Crippen molar-refractivity contribution in [1.29, 1.82) is 0 Å². The van der Waals surface area contributed by atoms with Crippen LogP contribution < -0.4 is 11.5 Å². The van der Waals surface area contributed by atoms with E-state index in [9.17, 15) is 9.59 Å². The van der Waals surface area contributed by atoms with Crippen LogP contribution in [0.15, 0.2) is 16.5 Å². The minimum atomic E-state index is -0.685. The molecule has 0 radical (unpaired) electrons. The van der Waals surface area contributed by atoms with Crippen molar-refractivity contribution in [2.75, 3.05) is 6.54 Å². The summed E-state index contributed by atoms with van der Waals surface area (Å²) in [6.07, 6.45) is 0.773. The zero-order chi connectivity index (χ0) is 12.6. The third kappa shape index (κ3) is 2.16. The summed E-state index contributed by atoms with van der Waals surface area (Å²) in [5.41, 5.74) is 10.8. The fraction of sp³-hybridized carbons (Fsp3) is 0.455. The second-order valence-corrected chi connectivity index (χ2v) is 4.33. The molecule has 2 rings (SSSR count). The molecule has 1 aromatic rings. The Morgan fingerprint density at radius 2 is 2.06 bits per heavy atom. The van der Waals surface area contributed by atoms with E-state index in [1.807, 2.05) is 6.92 Å². The molecule has 0 saturated carbocycles. The second-order valence-electron chi connectivity index (χ2n) is 4.33. The Morgan fingerprint density at radius 3 is 2.53 bits per heavy atom. The maximum absolute atomic E-state index is 12.1. The third-order valence-corrected chi connectivity index (χ3v) is 2.93. The molecule has 0 bridgehead atoms. The lowest BCUT2D eigenvalue weighted by Gasteiger charge is -2.19. The molecule has 6 nitrogen and oxygen atoms in total. The Kier molecular flexibility index (Phi) is 2.89. The summed E-state index contributed by atoms with van der Waals surface area (Å²) in [6, 6.07) is 2.94. The van der Waals surface area contributed by atoms with Gasteiger partial charge in [-0.15, -0.1) is 0 Å². The van der Waals surface area contributed by atoms with E-state index in [0.717, 1.165) is 6.42 Å². The molecule has 1 fully saturated rings. The van der Waals surface area contributed by atoms with Crippen molar-refractivity contribution in [3.05, 3.63) is 23.7 Å². The molecule has 0 aliphatic carbocycles. The van der Waals surface area contributed by atoms with Crippen LogP contribution in [0.3, 0.4) is 0 Å². The molecule has 1 saturated heterocycles. The van der Waals surface area contributed by atoms with Gasteiger partial charge in [-0.2, -0.15) is 0 Å². The summed E-state index contributed by atoms with van der Waals surface area (Å²) >= 11 is 0. The molecule has 6 heteroatoms. The van der Waals surface area contributed by atoms with Crippen LogP contribution in [0.4, 0.5) is 0 Å². The maximum Gasteiger partial charge on any atom is 0.289 e. The van der Waals surface area contributed by atoms with Crippen LogP contribution >= 0.6 is 0 Å². The van der Waals surface area contributed by atoms with E-state index in [2.05, 4.69) is 0 Å². The van der Waals surface area contributed by atoms with Crippen LogP contribution in [0, 0.1) is 0 Å². The van der Waals surface area contributed by atoms with Crippen LogP contribution in [0.1, 0.15) is 34.5 Å². The molecule has 0 spiro atoms. The van der Waals surface area contributed by atoms with Gasteiger partial charge in [0, 0.05) is 18.6 Å². The van der Waals surface area contributed by atoms with Gasteiger partial charge < -0.3 is 20.8 Å². The first-order valence-corrected chi connectivity index (χ1v) is 5.45. The number of hydrogen-bond acceptors (Lipinski definition) is 4. The predicted molar refractivity (Wildman–Crippen MR) is 60.3 cm³/mol. The van der Waals surface area contributed by atoms with E-state index in [-0.39, 0.29) is 29.5 Å². The fourth-order valence-electron chi connectivity index (χ4n) is 2.08. The molecule has 0 aromatic carbocycles. The van der Waals surface area contributed by atoms with E-state index in [1.54, 1.807) is 4.90 Å². The van der Waals surface area contributed by atoms with Crippen molar-refractivity contribution in [1.82, 2.24) is 4.90 Å². The standard InChI is InChI=1S/C11H15N3O3/c1-6-4-7(12)5-14(6)11(16)9-3-2-8(17-9)10(13)15/h2-3,6-7H,4-5,12H2,1H3,(H2,13,15). The van der Waals surface area contributed by atoms with E-state index < -0.39 is 5.91 Å². The summed E-state index contributed by atoms with van der Waals surface area (Å²) in [5, 5.41) is 0. The first kappa shape index (κ1) is 11.7. The molecule has 2 atom stereocenters. The van der Waals surface area contributed by atoms with Gasteiger partial charge in [0.1, 0.15) is 0 Å². The lowest BCUT2D eigenvalue weighted by atomic mass is 10.2. The van der Waals surface area contributed by atoms with Crippen molar-refractivity contribution in [3.8, 4) is 0 Å². The zero-order valence-corrected chi connectivity index (χ0v) is 9.55. The minimum absolute atomic E-state index is 0.000442. The summed E-state index contributed by atoms with van der Waals surface area (Å²) in [5.74, 6) is -0.822. The van der Waals surface area contributed by atoms with Gasteiger partial charge in [-0.25, -0.2) is 0 Å². The summed E-state index contributed by atoms with van der Waals surface area (Å²) in [7, 11) is 0. The van der Waals surface area contributed by atoms with Crippen molar-refractivity contribution in [3.63, 3.8) is 0 Å². The van der Waals surface area contributed by atoms with Crippen molar-refractivity contribution in [2.45, 2.75) is 25.4 Å². The first-order chi connectivity index (χ1) is 7.99. The van der Waals surface area contributed by atoms with Gasteiger partial charge in [0.25, 0.3) is 11.8 Å². The summed E-state index contributed by atoms with van der Waals surface area (Å²) < 4.78 is 5.10. The number of furan rings is 1. The van der Waals surface area contributed by atoms with Crippen molar-refractivity contribution < 1.29 is 14.0 Å². The van der Waals surface area contributed by atoms with Crippen molar-refractivity contribution >= 4 is 11.8 Å². The van der Waals surface area contributed by atoms with Crippen LogP contribution in [-0.4, -0.2) is 35.3 Å². The van der Waals surface area contributed by atoms with Crippen LogP contribution in [0.5, 0.6) is 0 Å². The highest BCUT2D eigenvalue weighted by Crippen LogP contribution is 2.20. The molecule has 2 amide bonds. The van der Waals surface area contributed by atoms with E-state index in [1.165, 1.54) is 12.1 Å². The largest absolute Gasteiger partial charge is 0.446 e. The van der Waals surface area contributed by atoms with E-state index in [4.69, 9.17) is 15.9 Å². The van der Waals surface area contributed by atoms with Crippen LogP contribution in [-0.2, 0) is 0 Å². The molecule has 4 N–H and O–H groups in total. The number of rotatable bonds is 2. The van der Waals surface area contributed by atoms with Gasteiger partial charge in [-0.05, 0) is 25.5 Å². The number of carbonyl (C=O) groups excluding carboxylic acids is 2. The SMILES string of the molecule is CC1CC(N)CN1C(=O)c1ccc(C(N)=O)o1. The Morgan fingerprint density at radius 1 is 1.41 bits per heavy atom. The molecule has 17 heavy (non-hydrogen) atoms. The molecule has 1 aromatic heterocycles. The monoisotopic (exact) mass is 237 g/mol. The van der Waals surface area contributed by atoms with Gasteiger partial charge in [0.05, 0.1) is 0 Å². The number of carbonyl (C=O) groups is 2. The normalized spacial score (nSPS) is 24.0. The molecule has 1 aliphatic rings. The Hall–Kier alpha value is -1.82. The average molecular weight is 237 g/mol. The van der Waals surface area contributed by atoms with Gasteiger partial charge in [-0.1, -0.05) is 0 Å². The van der Waals surface area contributed by atoms with Crippen LogP contribution in [0.2, 0.25) is 0 Å². The number of amides is 2. The Labute approximate surface area is 98.5 Å². The summed E-state index contributed by atoms with van der Waals surface area (Å²) in [6.45, 7) is 2.44. The van der Waals surface area contributed by atoms with Crippen LogP contribution in [0.25, 0.3) is 0 Å². The average Bonchev–Trinajstić information content (AvgIpc) is 2.84. The highest BCUT2D eigenvalue weighted by Gasteiger charge is 2.32. The fourth-order valence-corrected chi connectivity index (χ4v) is 2.08. The van der Waals surface area contributed by atoms with Gasteiger partial charge in [0.15, 0.2) is 11.5 Å². The molecule has 92 valence electrons. The summed E-state index contributed by atoms with van der Waals surface area (Å²) in [4.78, 5) is 24.6. The molecule has 2 heterocycles. The Bertz CT molecular complexity index is 455. The van der Waals surface area contributed by atoms with Gasteiger partial charge >= 0.3 is 0 Å². The highest BCUT2D eigenvalue weighted by atomic mass is 16.4. The number of likely N-dealkylation sites (tertiary alicyclic amines) is 1. The third-order valence-electron chi connectivity index (χ3n) is 2.93. The Balaban J connectivity index is 2.16. The first-order valence-electron chi connectivity index (χ1n) is 5.45. The number of nitrogens with two attached hydrogens (primary N) is 2. The smallest absolute Gasteiger partial charge is 0.289 e. The van der Waals surface area contributed by atoms with Gasteiger partial charge in [-0.3, -0.25) is 9.59 Å². The molecular weight excluding hydrogens is 222 g/mol. The number of hydrogen-bond donors (Lipinski definition) is 2. The molecule has 1 aliphatic heterocycles. The van der Waals surface area contributed by atoms with E-state index >= 15 is 0 Å². The molecule has 2 unspecified atom stereocenters. The van der Waals surface area contributed by atoms with Gasteiger partial charge in [0.2, 0.25) is 0 Å². The predicted octanol–water partition coefficient (Wildman–Crippen LogP) is -0.0598. The highest BCUT2D eigenvalue weighted by molar-refractivity contribution is 5.95. The second kappa shape index (κ2) is 4.21. The zero-order valence-electron chi connectivity index (χ0n) is 9.55. The lowest BCUT2D eigenvalue weighted by molar-refractivity contribution is 0.0711. The van der Waals surface area contributed by atoms with E-state index in [0.29, 0.717) is 6.54 Å². The quantitative estimate of drug-likeness (QED) is 0.752. The number of primary amides is 1. The number of nitrogens with zero attached hydrogens (tertiary/aromatic N) is 1. The minimum Gasteiger partial charge on any atom is -0.446 e. The molecular formula is C11H15N3O3. The topological polar surface area (TPSA) is 103 Å². The maximum atomic E-state index is 12.1. The lowest BCUT2D eigenvalue weighted by Crippen LogP contribution is -2.35.